The highest BCUT2D eigenvalue weighted by Gasteiger charge is 2.39. The average Bonchev–Trinajstić information content (AvgIpc) is 2.51. The van der Waals surface area contributed by atoms with Gasteiger partial charge in [0, 0.05) is 25.6 Å². The van der Waals surface area contributed by atoms with E-state index in [-0.39, 0.29) is 23.2 Å². The standard InChI is InChI=1S/C15H21FN2O/c1-15(2)8-14(19)17-13(15)10-18(3)9-11-5-4-6-12(16)7-11/h4-7,13H,8-10H2,1-3H3,(H,17,19). The Balaban J connectivity index is 1.94. The Morgan fingerprint density at radius 2 is 2.21 bits per heavy atom. The van der Waals surface area contributed by atoms with Crippen LogP contribution in [0.25, 0.3) is 0 Å². The van der Waals surface area contributed by atoms with E-state index >= 15 is 0 Å². The number of carbonyl (C=O) groups excluding carboxylic acids is 1. The van der Waals surface area contributed by atoms with Gasteiger partial charge in [0.1, 0.15) is 5.82 Å². The fourth-order valence-corrected chi connectivity index (χ4v) is 2.59. The first-order valence-electron chi connectivity index (χ1n) is 6.59. The fourth-order valence-electron chi connectivity index (χ4n) is 2.59. The monoisotopic (exact) mass is 264 g/mol. The topological polar surface area (TPSA) is 32.3 Å². The number of likely N-dealkylation sites (N-methyl/N-ethyl adjacent to an activating group) is 1. The lowest BCUT2D eigenvalue weighted by atomic mass is 9.84. The third kappa shape index (κ3) is 3.53. The highest BCUT2D eigenvalue weighted by atomic mass is 19.1. The number of carbonyl (C=O) groups is 1. The summed E-state index contributed by atoms with van der Waals surface area (Å²) in [5.41, 5.74) is 0.928. The second-order valence-electron chi connectivity index (χ2n) is 6.11. The molecule has 0 bridgehead atoms. The highest BCUT2D eigenvalue weighted by molar-refractivity contribution is 5.79. The quantitative estimate of drug-likeness (QED) is 0.904. The van der Waals surface area contributed by atoms with Crippen molar-refractivity contribution in [2.24, 2.45) is 5.41 Å². The fraction of sp³-hybridized carbons (Fsp3) is 0.533. The molecule has 1 heterocycles. The van der Waals surface area contributed by atoms with Crippen molar-refractivity contribution in [2.45, 2.75) is 32.9 Å². The van der Waals surface area contributed by atoms with E-state index in [2.05, 4.69) is 24.1 Å². The molecule has 2 rings (SSSR count). The summed E-state index contributed by atoms with van der Waals surface area (Å²) in [5, 5.41) is 3.02. The van der Waals surface area contributed by atoms with E-state index in [0.717, 1.165) is 12.1 Å². The average molecular weight is 264 g/mol. The summed E-state index contributed by atoms with van der Waals surface area (Å²) in [7, 11) is 1.99. The molecule has 1 aliphatic heterocycles. The minimum absolute atomic E-state index is 0.0206. The Hall–Kier alpha value is -1.42. The van der Waals surface area contributed by atoms with Crippen LogP contribution >= 0.6 is 0 Å². The Bertz CT molecular complexity index is 473. The molecule has 0 saturated carbocycles. The first-order chi connectivity index (χ1) is 8.87. The number of hydrogen-bond donors (Lipinski definition) is 1. The molecule has 4 heteroatoms. The second-order valence-corrected chi connectivity index (χ2v) is 6.11. The zero-order chi connectivity index (χ0) is 14.0. The van der Waals surface area contributed by atoms with Crippen LogP contribution in [0.1, 0.15) is 25.8 Å². The van der Waals surface area contributed by atoms with Crippen LogP contribution < -0.4 is 5.32 Å². The molecule has 1 fully saturated rings. The summed E-state index contributed by atoms with van der Waals surface area (Å²) >= 11 is 0. The molecule has 1 N–H and O–H groups in total. The van der Waals surface area contributed by atoms with Crippen molar-refractivity contribution in [1.82, 2.24) is 10.2 Å². The van der Waals surface area contributed by atoms with E-state index < -0.39 is 0 Å². The van der Waals surface area contributed by atoms with Gasteiger partial charge in [0.15, 0.2) is 0 Å². The van der Waals surface area contributed by atoms with Crippen LogP contribution in [-0.2, 0) is 11.3 Å². The van der Waals surface area contributed by atoms with Gasteiger partial charge in [0.2, 0.25) is 5.91 Å². The number of nitrogens with zero attached hydrogens (tertiary/aromatic N) is 1. The van der Waals surface area contributed by atoms with Gasteiger partial charge >= 0.3 is 0 Å². The summed E-state index contributed by atoms with van der Waals surface area (Å²) < 4.78 is 13.1. The maximum Gasteiger partial charge on any atom is 0.220 e. The van der Waals surface area contributed by atoms with Crippen molar-refractivity contribution in [3.63, 3.8) is 0 Å². The third-order valence-corrected chi connectivity index (χ3v) is 3.73. The molecule has 1 unspecified atom stereocenters. The van der Waals surface area contributed by atoms with Crippen LogP contribution in [0.4, 0.5) is 4.39 Å². The van der Waals surface area contributed by atoms with Crippen molar-refractivity contribution in [1.29, 1.82) is 0 Å². The molecular weight excluding hydrogens is 243 g/mol. The highest BCUT2D eigenvalue weighted by Crippen LogP contribution is 2.31. The summed E-state index contributed by atoms with van der Waals surface area (Å²) in [6.45, 7) is 5.66. The molecular formula is C15H21FN2O. The summed E-state index contributed by atoms with van der Waals surface area (Å²) in [6.07, 6.45) is 0.575. The Morgan fingerprint density at radius 3 is 2.79 bits per heavy atom. The Morgan fingerprint density at radius 1 is 1.47 bits per heavy atom. The van der Waals surface area contributed by atoms with Crippen molar-refractivity contribution < 1.29 is 9.18 Å². The Labute approximate surface area is 113 Å². The summed E-state index contributed by atoms with van der Waals surface area (Å²) in [5.74, 6) is -0.0884. The van der Waals surface area contributed by atoms with Crippen LogP contribution in [0, 0.1) is 11.2 Å². The van der Waals surface area contributed by atoms with Crippen LogP contribution in [0.15, 0.2) is 24.3 Å². The van der Waals surface area contributed by atoms with Crippen LogP contribution in [0.3, 0.4) is 0 Å². The molecule has 1 atom stereocenters. The minimum Gasteiger partial charge on any atom is -0.352 e. The van der Waals surface area contributed by atoms with Gasteiger partial charge in [-0.1, -0.05) is 26.0 Å². The van der Waals surface area contributed by atoms with Crippen LogP contribution in [-0.4, -0.2) is 30.4 Å². The van der Waals surface area contributed by atoms with Gasteiger partial charge in [0.25, 0.3) is 0 Å². The van der Waals surface area contributed by atoms with E-state index in [1.54, 1.807) is 12.1 Å². The number of hydrogen-bond acceptors (Lipinski definition) is 2. The van der Waals surface area contributed by atoms with Gasteiger partial charge in [-0.05, 0) is 30.2 Å². The van der Waals surface area contributed by atoms with Gasteiger partial charge in [-0.3, -0.25) is 4.79 Å². The first kappa shape index (κ1) is 14.0. The van der Waals surface area contributed by atoms with E-state index in [0.29, 0.717) is 13.0 Å². The smallest absolute Gasteiger partial charge is 0.220 e. The van der Waals surface area contributed by atoms with Crippen molar-refractivity contribution >= 4 is 5.91 Å². The van der Waals surface area contributed by atoms with E-state index in [4.69, 9.17) is 0 Å². The van der Waals surface area contributed by atoms with E-state index in [1.807, 2.05) is 13.1 Å². The lowest BCUT2D eigenvalue weighted by molar-refractivity contribution is -0.119. The molecule has 0 aromatic heterocycles. The van der Waals surface area contributed by atoms with Gasteiger partial charge in [0.05, 0.1) is 0 Å². The van der Waals surface area contributed by atoms with E-state index in [1.165, 1.54) is 6.07 Å². The number of amides is 1. The molecule has 19 heavy (non-hydrogen) atoms. The molecule has 1 aliphatic rings. The molecule has 1 amide bonds. The SMILES string of the molecule is CN(Cc1cccc(F)c1)CC1NC(=O)CC1(C)C. The molecule has 1 aromatic carbocycles. The second kappa shape index (κ2) is 5.29. The summed E-state index contributed by atoms with van der Waals surface area (Å²) in [6, 6.07) is 6.79. The third-order valence-electron chi connectivity index (χ3n) is 3.73. The molecule has 1 saturated heterocycles. The van der Waals surface area contributed by atoms with Crippen molar-refractivity contribution in [3.05, 3.63) is 35.6 Å². The summed E-state index contributed by atoms with van der Waals surface area (Å²) in [4.78, 5) is 13.6. The molecule has 3 nitrogen and oxygen atoms in total. The molecule has 0 aliphatic carbocycles. The maximum absolute atomic E-state index is 13.1. The van der Waals surface area contributed by atoms with Gasteiger partial charge in [-0.25, -0.2) is 4.39 Å². The van der Waals surface area contributed by atoms with Crippen LogP contribution in [0.2, 0.25) is 0 Å². The molecule has 0 spiro atoms. The Kier molecular flexibility index (Phi) is 3.90. The molecule has 1 aromatic rings. The normalized spacial score (nSPS) is 21.7. The lowest BCUT2D eigenvalue weighted by Gasteiger charge is -2.29. The van der Waals surface area contributed by atoms with E-state index in [9.17, 15) is 9.18 Å². The predicted octanol–water partition coefficient (Wildman–Crippen LogP) is 2.17. The zero-order valence-electron chi connectivity index (χ0n) is 11.7. The zero-order valence-corrected chi connectivity index (χ0v) is 11.7. The van der Waals surface area contributed by atoms with Gasteiger partial charge in [-0.2, -0.15) is 0 Å². The predicted molar refractivity (Wildman–Crippen MR) is 73.1 cm³/mol. The maximum atomic E-state index is 13.1. The lowest BCUT2D eigenvalue weighted by Crippen LogP contribution is -2.42. The van der Waals surface area contributed by atoms with Crippen molar-refractivity contribution in [2.75, 3.05) is 13.6 Å². The number of halogens is 1. The van der Waals surface area contributed by atoms with Crippen molar-refractivity contribution in [3.8, 4) is 0 Å². The molecule has 104 valence electrons. The minimum atomic E-state index is -0.208. The van der Waals surface area contributed by atoms with Gasteiger partial charge in [-0.15, -0.1) is 0 Å². The van der Waals surface area contributed by atoms with Gasteiger partial charge < -0.3 is 10.2 Å². The first-order valence-corrected chi connectivity index (χ1v) is 6.59. The number of benzene rings is 1. The van der Waals surface area contributed by atoms with Crippen LogP contribution in [0.5, 0.6) is 0 Å². The largest absolute Gasteiger partial charge is 0.352 e. The number of rotatable bonds is 4. The number of nitrogens with one attached hydrogen (secondary N) is 1. The molecule has 0 radical (unpaired) electrons.